The van der Waals surface area contributed by atoms with E-state index < -0.39 is 9.84 Å². The Balaban J connectivity index is 1.49. The van der Waals surface area contributed by atoms with Crippen molar-refractivity contribution in [2.45, 2.75) is 6.42 Å². The maximum atomic E-state index is 12.6. The Kier molecular flexibility index (Phi) is 7.28. The number of nitrogens with zero attached hydrogens (tertiary/aromatic N) is 2. The summed E-state index contributed by atoms with van der Waals surface area (Å²) in [5.41, 5.74) is 2.25. The Hall–Kier alpha value is -2.38. The van der Waals surface area contributed by atoms with E-state index in [1.54, 1.807) is 4.90 Å². The van der Waals surface area contributed by atoms with E-state index in [-0.39, 0.29) is 18.3 Å². The van der Waals surface area contributed by atoms with Crippen molar-refractivity contribution >= 4 is 15.7 Å². The minimum atomic E-state index is -2.96. The Morgan fingerprint density at radius 2 is 1.62 bits per heavy atom. The van der Waals surface area contributed by atoms with Crippen LogP contribution in [0.5, 0.6) is 5.75 Å². The zero-order valence-electron chi connectivity index (χ0n) is 16.8. The second-order valence-electron chi connectivity index (χ2n) is 7.41. The van der Waals surface area contributed by atoms with Crippen LogP contribution in [0, 0.1) is 0 Å². The molecular formula is C22H28N2O4S. The minimum Gasteiger partial charge on any atom is -0.483 e. The van der Waals surface area contributed by atoms with Gasteiger partial charge in [0.1, 0.15) is 15.6 Å². The van der Waals surface area contributed by atoms with Crippen LogP contribution in [0.25, 0.3) is 0 Å². The number of hydrogen-bond acceptors (Lipinski definition) is 5. The highest BCUT2D eigenvalue weighted by atomic mass is 32.2. The van der Waals surface area contributed by atoms with Gasteiger partial charge < -0.3 is 9.64 Å². The number of carbonyl (C=O) groups is 1. The van der Waals surface area contributed by atoms with Crippen LogP contribution in [0.4, 0.5) is 0 Å². The van der Waals surface area contributed by atoms with Gasteiger partial charge in [-0.1, -0.05) is 48.5 Å². The summed E-state index contributed by atoms with van der Waals surface area (Å²) in [6.45, 7) is 3.09. The quantitative estimate of drug-likeness (QED) is 0.657. The van der Waals surface area contributed by atoms with Crippen LogP contribution in [-0.4, -0.2) is 75.5 Å². The maximum absolute atomic E-state index is 12.6. The van der Waals surface area contributed by atoms with Gasteiger partial charge in [-0.15, -0.1) is 0 Å². The van der Waals surface area contributed by atoms with E-state index in [9.17, 15) is 13.2 Å². The van der Waals surface area contributed by atoms with Crippen LogP contribution in [-0.2, 0) is 21.1 Å². The average Bonchev–Trinajstić information content (AvgIpc) is 2.72. The van der Waals surface area contributed by atoms with Gasteiger partial charge in [0, 0.05) is 45.4 Å². The van der Waals surface area contributed by atoms with E-state index in [0.717, 1.165) is 17.7 Å². The molecular weight excluding hydrogens is 388 g/mol. The standard InChI is InChI=1S/C22H28N2O4S/c1-29(26,27)16-15-23-11-13-24(14-12-23)22(25)18-28-21-10-6-5-9-20(21)17-19-7-3-2-4-8-19/h2-10H,11-18H2,1H3. The molecule has 156 valence electrons. The van der Waals surface area contributed by atoms with Crippen LogP contribution >= 0.6 is 0 Å². The summed E-state index contributed by atoms with van der Waals surface area (Å²) in [4.78, 5) is 16.4. The van der Waals surface area contributed by atoms with Gasteiger partial charge in [0.2, 0.25) is 0 Å². The Labute approximate surface area is 173 Å². The predicted octanol–water partition coefficient (Wildman–Crippen LogP) is 1.85. The van der Waals surface area contributed by atoms with Crippen molar-refractivity contribution in [1.82, 2.24) is 9.80 Å². The van der Waals surface area contributed by atoms with Crippen molar-refractivity contribution in [3.8, 4) is 5.75 Å². The van der Waals surface area contributed by atoms with Gasteiger partial charge in [0.05, 0.1) is 5.75 Å². The van der Waals surface area contributed by atoms with E-state index in [0.29, 0.717) is 32.7 Å². The van der Waals surface area contributed by atoms with Crippen LogP contribution in [0.15, 0.2) is 54.6 Å². The molecule has 0 radical (unpaired) electrons. The number of rotatable bonds is 8. The number of carbonyl (C=O) groups excluding carboxylic acids is 1. The summed E-state index contributed by atoms with van der Waals surface area (Å²) >= 11 is 0. The third-order valence-corrected chi connectivity index (χ3v) is 5.99. The zero-order valence-corrected chi connectivity index (χ0v) is 17.6. The van der Waals surface area contributed by atoms with Crippen molar-refractivity contribution in [2.75, 3.05) is 51.3 Å². The lowest BCUT2D eigenvalue weighted by atomic mass is 10.0. The van der Waals surface area contributed by atoms with Crippen molar-refractivity contribution in [2.24, 2.45) is 0 Å². The Morgan fingerprint density at radius 1 is 0.966 bits per heavy atom. The van der Waals surface area contributed by atoms with E-state index in [2.05, 4.69) is 17.0 Å². The first kappa shape index (κ1) is 21.3. The molecule has 0 saturated carbocycles. The number of amides is 1. The van der Waals surface area contributed by atoms with Crippen LogP contribution < -0.4 is 4.74 Å². The van der Waals surface area contributed by atoms with Crippen LogP contribution in [0.2, 0.25) is 0 Å². The predicted molar refractivity (Wildman–Crippen MR) is 114 cm³/mol. The normalized spacial score (nSPS) is 15.3. The SMILES string of the molecule is CS(=O)(=O)CCN1CCN(C(=O)COc2ccccc2Cc2ccccc2)CC1. The molecule has 0 atom stereocenters. The molecule has 2 aromatic carbocycles. The zero-order chi connectivity index (χ0) is 20.7. The van der Waals surface area contributed by atoms with E-state index in [1.165, 1.54) is 11.8 Å². The fourth-order valence-corrected chi connectivity index (χ4v) is 3.94. The fourth-order valence-electron chi connectivity index (χ4n) is 3.35. The lowest BCUT2D eigenvalue weighted by Gasteiger charge is -2.34. The minimum absolute atomic E-state index is 0.00907. The van der Waals surface area contributed by atoms with Crippen LogP contribution in [0.3, 0.4) is 0 Å². The Bertz CT molecular complexity index is 907. The molecule has 0 aromatic heterocycles. The number of sulfone groups is 1. The first-order chi connectivity index (χ1) is 13.9. The average molecular weight is 417 g/mol. The first-order valence-corrected chi connectivity index (χ1v) is 11.9. The van der Waals surface area contributed by atoms with Crippen molar-refractivity contribution in [3.05, 3.63) is 65.7 Å². The van der Waals surface area contributed by atoms with Gasteiger partial charge in [-0.25, -0.2) is 8.42 Å². The van der Waals surface area contributed by atoms with Crippen molar-refractivity contribution in [3.63, 3.8) is 0 Å². The summed E-state index contributed by atoms with van der Waals surface area (Å²) in [6.07, 6.45) is 2.00. The highest BCUT2D eigenvalue weighted by Gasteiger charge is 2.22. The largest absolute Gasteiger partial charge is 0.483 e. The molecule has 0 spiro atoms. The topological polar surface area (TPSA) is 66.9 Å². The molecule has 1 aliphatic heterocycles. The van der Waals surface area contributed by atoms with Gasteiger partial charge in [-0.2, -0.15) is 0 Å². The monoisotopic (exact) mass is 416 g/mol. The van der Waals surface area contributed by atoms with Gasteiger partial charge in [0.15, 0.2) is 6.61 Å². The summed E-state index contributed by atoms with van der Waals surface area (Å²) in [5.74, 6) is 0.848. The molecule has 1 saturated heterocycles. The summed E-state index contributed by atoms with van der Waals surface area (Å²) in [6, 6.07) is 18.0. The summed E-state index contributed by atoms with van der Waals surface area (Å²) in [5, 5.41) is 0. The van der Waals surface area contributed by atoms with E-state index in [4.69, 9.17) is 4.74 Å². The molecule has 7 heteroatoms. The number of piperazine rings is 1. The molecule has 2 aromatic rings. The van der Waals surface area contributed by atoms with E-state index >= 15 is 0 Å². The number of benzene rings is 2. The highest BCUT2D eigenvalue weighted by Crippen LogP contribution is 2.21. The molecule has 1 amide bonds. The second-order valence-corrected chi connectivity index (χ2v) is 9.67. The molecule has 6 nitrogen and oxygen atoms in total. The smallest absolute Gasteiger partial charge is 0.260 e. The highest BCUT2D eigenvalue weighted by molar-refractivity contribution is 7.90. The van der Waals surface area contributed by atoms with Gasteiger partial charge in [-0.05, 0) is 17.2 Å². The second kappa shape index (κ2) is 9.89. The molecule has 1 aliphatic rings. The molecule has 0 bridgehead atoms. The lowest BCUT2D eigenvalue weighted by Crippen LogP contribution is -2.50. The van der Waals surface area contributed by atoms with E-state index in [1.807, 2.05) is 42.5 Å². The first-order valence-electron chi connectivity index (χ1n) is 9.83. The van der Waals surface area contributed by atoms with Crippen molar-refractivity contribution in [1.29, 1.82) is 0 Å². The van der Waals surface area contributed by atoms with Gasteiger partial charge in [-0.3, -0.25) is 9.69 Å². The number of hydrogen-bond donors (Lipinski definition) is 0. The third-order valence-electron chi connectivity index (χ3n) is 5.06. The summed E-state index contributed by atoms with van der Waals surface area (Å²) in [7, 11) is -2.96. The molecule has 0 unspecified atom stereocenters. The maximum Gasteiger partial charge on any atom is 0.260 e. The molecule has 0 aliphatic carbocycles. The Morgan fingerprint density at radius 3 is 2.31 bits per heavy atom. The molecule has 29 heavy (non-hydrogen) atoms. The van der Waals surface area contributed by atoms with Gasteiger partial charge >= 0.3 is 0 Å². The fraction of sp³-hybridized carbons (Fsp3) is 0.409. The van der Waals surface area contributed by atoms with Crippen molar-refractivity contribution < 1.29 is 17.9 Å². The number of para-hydroxylation sites is 1. The lowest BCUT2D eigenvalue weighted by molar-refractivity contribution is -0.135. The summed E-state index contributed by atoms with van der Waals surface area (Å²) < 4.78 is 28.5. The molecule has 1 heterocycles. The number of ether oxygens (including phenoxy) is 1. The third kappa shape index (κ3) is 6.87. The van der Waals surface area contributed by atoms with Crippen LogP contribution in [0.1, 0.15) is 11.1 Å². The molecule has 3 rings (SSSR count). The molecule has 1 fully saturated rings. The van der Waals surface area contributed by atoms with Gasteiger partial charge in [0.25, 0.3) is 5.91 Å². The molecule has 0 N–H and O–H groups in total.